The Morgan fingerprint density at radius 3 is 2.56 bits per heavy atom. The van der Waals surface area contributed by atoms with E-state index in [1.807, 2.05) is 51.1 Å². The summed E-state index contributed by atoms with van der Waals surface area (Å²) in [5.41, 5.74) is 2.68. The van der Waals surface area contributed by atoms with Crippen LogP contribution in [0, 0.1) is 25.2 Å². The second-order valence-corrected chi connectivity index (χ2v) is 4.46. The minimum atomic E-state index is 0.103. The highest BCUT2D eigenvalue weighted by Gasteiger charge is 2.09. The van der Waals surface area contributed by atoms with Gasteiger partial charge in [0, 0.05) is 5.69 Å². The largest absolute Gasteiger partial charge is 0.464 e. The van der Waals surface area contributed by atoms with Crippen molar-refractivity contribution in [2.24, 2.45) is 0 Å². The summed E-state index contributed by atoms with van der Waals surface area (Å²) in [7, 11) is 0. The summed E-state index contributed by atoms with van der Waals surface area (Å²) in [6, 6.07) is 11.9. The molecule has 1 unspecified atom stereocenters. The number of nitriles is 1. The van der Waals surface area contributed by atoms with E-state index in [0.717, 1.165) is 22.8 Å². The summed E-state index contributed by atoms with van der Waals surface area (Å²) >= 11 is 0. The first-order chi connectivity index (χ1) is 8.60. The molecule has 2 aromatic rings. The fraction of sp³-hybridized carbons (Fsp3) is 0.267. The lowest BCUT2D eigenvalue weighted by Crippen LogP contribution is -2.05. The fourth-order valence-electron chi connectivity index (χ4n) is 1.89. The van der Waals surface area contributed by atoms with Crippen molar-refractivity contribution in [2.45, 2.75) is 26.8 Å². The molecule has 0 fully saturated rings. The lowest BCUT2D eigenvalue weighted by molar-refractivity contribution is 0.467. The second-order valence-electron chi connectivity index (χ2n) is 4.46. The summed E-state index contributed by atoms with van der Waals surface area (Å²) in [6.45, 7) is 5.92. The van der Waals surface area contributed by atoms with E-state index < -0.39 is 0 Å². The standard InChI is InChI=1S/C15H16N2O/c1-10-8-14(6-5-13(10)9-16)17-12(3)15-7-4-11(2)18-15/h4-8,12,17H,1-3H3. The Morgan fingerprint density at radius 2 is 2.00 bits per heavy atom. The quantitative estimate of drug-likeness (QED) is 0.883. The highest BCUT2D eigenvalue weighted by Crippen LogP contribution is 2.22. The fourth-order valence-corrected chi connectivity index (χ4v) is 1.89. The van der Waals surface area contributed by atoms with Gasteiger partial charge in [-0.25, -0.2) is 0 Å². The summed E-state index contributed by atoms with van der Waals surface area (Å²) < 4.78 is 5.58. The average molecular weight is 240 g/mol. The Balaban J connectivity index is 2.15. The number of hydrogen-bond donors (Lipinski definition) is 1. The van der Waals surface area contributed by atoms with Gasteiger partial charge >= 0.3 is 0 Å². The van der Waals surface area contributed by atoms with Gasteiger partial charge in [0.15, 0.2) is 0 Å². The van der Waals surface area contributed by atoms with Gasteiger partial charge in [-0.15, -0.1) is 0 Å². The summed E-state index contributed by atoms with van der Waals surface area (Å²) in [5, 5.41) is 12.2. The van der Waals surface area contributed by atoms with E-state index in [4.69, 9.17) is 9.68 Å². The van der Waals surface area contributed by atoms with Crippen LogP contribution in [0.3, 0.4) is 0 Å². The van der Waals surface area contributed by atoms with Crippen LogP contribution in [0.15, 0.2) is 34.7 Å². The van der Waals surface area contributed by atoms with Gasteiger partial charge in [-0.1, -0.05) is 0 Å². The van der Waals surface area contributed by atoms with Crippen LogP contribution in [0.4, 0.5) is 5.69 Å². The molecule has 0 saturated carbocycles. The number of furan rings is 1. The lowest BCUT2D eigenvalue weighted by atomic mass is 10.1. The highest BCUT2D eigenvalue weighted by molar-refractivity contribution is 5.52. The molecule has 92 valence electrons. The molecule has 1 atom stereocenters. The Labute approximate surface area is 107 Å². The maximum atomic E-state index is 8.89. The molecule has 0 saturated heterocycles. The number of benzene rings is 1. The molecular formula is C15H16N2O. The third-order valence-electron chi connectivity index (χ3n) is 2.92. The van der Waals surface area contributed by atoms with Crippen LogP contribution < -0.4 is 5.32 Å². The van der Waals surface area contributed by atoms with Crippen LogP contribution >= 0.6 is 0 Å². The van der Waals surface area contributed by atoms with Crippen molar-refractivity contribution in [3.63, 3.8) is 0 Å². The van der Waals surface area contributed by atoms with Gasteiger partial charge in [0.2, 0.25) is 0 Å². The minimum absolute atomic E-state index is 0.103. The first kappa shape index (κ1) is 12.3. The number of hydrogen-bond acceptors (Lipinski definition) is 3. The third-order valence-corrected chi connectivity index (χ3v) is 2.92. The SMILES string of the molecule is Cc1ccc(C(C)Nc2ccc(C#N)c(C)c2)o1. The summed E-state index contributed by atoms with van der Waals surface area (Å²) in [5.74, 6) is 1.82. The highest BCUT2D eigenvalue weighted by atomic mass is 16.3. The van der Waals surface area contributed by atoms with E-state index in [2.05, 4.69) is 11.4 Å². The molecule has 1 aromatic carbocycles. The van der Waals surface area contributed by atoms with Crippen molar-refractivity contribution >= 4 is 5.69 Å². The zero-order valence-corrected chi connectivity index (χ0v) is 10.8. The summed E-state index contributed by atoms with van der Waals surface area (Å²) in [6.07, 6.45) is 0. The molecule has 0 aliphatic carbocycles. The number of nitrogens with zero attached hydrogens (tertiary/aromatic N) is 1. The number of rotatable bonds is 3. The normalized spacial score (nSPS) is 11.9. The first-order valence-electron chi connectivity index (χ1n) is 5.94. The molecule has 1 N–H and O–H groups in total. The van der Waals surface area contributed by atoms with Crippen LogP contribution in [-0.2, 0) is 0 Å². The Hall–Kier alpha value is -2.21. The third kappa shape index (κ3) is 2.54. The van der Waals surface area contributed by atoms with Gasteiger partial charge in [-0.05, 0) is 56.7 Å². The van der Waals surface area contributed by atoms with Gasteiger partial charge in [0.05, 0.1) is 17.7 Å². The Bertz CT molecular complexity index is 593. The molecule has 3 nitrogen and oxygen atoms in total. The average Bonchev–Trinajstić information content (AvgIpc) is 2.76. The van der Waals surface area contributed by atoms with E-state index in [1.165, 1.54) is 0 Å². The van der Waals surface area contributed by atoms with Gasteiger partial charge in [0.1, 0.15) is 11.5 Å². The van der Waals surface area contributed by atoms with Crippen molar-refractivity contribution < 1.29 is 4.42 Å². The van der Waals surface area contributed by atoms with Crippen LogP contribution in [-0.4, -0.2) is 0 Å². The van der Waals surface area contributed by atoms with Crippen molar-refractivity contribution in [3.05, 3.63) is 53.0 Å². The molecule has 0 spiro atoms. The maximum absolute atomic E-state index is 8.89. The zero-order chi connectivity index (χ0) is 13.1. The first-order valence-corrected chi connectivity index (χ1v) is 5.94. The number of nitrogens with one attached hydrogen (secondary N) is 1. The topological polar surface area (TPSA) is 49.0 Å². The van der Waals surface area contributed by atoms with Crippen molar-refractivity contribution in [3.8, 4) is 6.07 Å². The lowest BCUT2D eigenvalue weighted by Gasteiger charge is -2.13. The maximum Gasteiger partial charge on any atom is 0.126 e. The summed E-state index contributed by atoms with van der Waals surface area (Å²) in [4.78, 5) is 0. The van der Waals surface area contributed by atoms with Gasteiger partial charge in [-0.3, -0.25) is 0 Å². The van der Waals surface area contributed by atoms with Crippen LogP contribution in [0.5, 0.6) is 0 Å². The van der Waals surface area contributed by atoms with E-state index >= 15 is 0 Å². The molecule has 1 heterocycles. The second kappa shape index (κ2) is 4.97. The zero-order valence-electron chi connectivity index (χ0n) is 10.8. The van der Waals surface area contributed by atoms with Crippen molar-refractivity contribution in [1.82, 2.24) is 0 Å². The smallest absolute Gasteiger partial charge is 0.126 e. The predicted molar refractivity (Wildman–Crippen MR) is 71.4 cm³/mol. The van der Waals surface area contributed by atoms with Crippen LogP contribution in [0.1, 0.15) is 35.6 Å². The minimum Gasteiger partial charge on any atom is -0.464 e. The molecule has 0 amide bonds. The van der Waals surface area contributed by atoms with Crippen LogP contribution in [0.2, 0.25) is 0 Å². The Morgan fingerprint density at radius 1 is 1.22 bits per heavy atom. The van der Waals surface area contributed by atoms with Gasteiger partial charge < -0.3 is 9.73 Å². The molecular weight excluding hydrogens is 224 g/mol. The van der Waals surface area contributed by atoms with Gasteiger partial charge in [-0.2, -0.15) is 5.26 Å². The predicted octanol–water partition coefficient (Wildman–Crippen LogP) is 3.94. The Kier molecular flexibility index (Phi) is 3.38. The van der Waals surface area contributed by atoms with Crippen molar-refractivity contribution in [1.29, 1.82) is 5.26 Å². The van der Waals surface area contributed by atoms with E-state index in [9.17, 15) is 0 Å². The van der Waals surface area contributed by atoms with Crippen LogP contribution in [0.25, 0.3) is 0 Å². The monoisotopic (exact) mass is 240 g/mol. The van der Waals surface area contributed by atoms with E-state index in [0.29, 0.717) is 5.56 Å². The van der Waals surface area contributed by atoms with E-state index in [1.54, 1.807) is 0 Å². The number of anilines is 1. The van der Waals surface area contributed by atoms with Gasteiger partial charge in [0.25, 0.3) is 0 Å². The molecule has 0 bridgehead atoms. The van der Waals surface area contributed by atoms with E-state index in [-0.39, 0.29) is 6.04 Å². The number of aryl methyl sites for hydroxylation is 2. The molecule has 0 radical (unpaired) electrons. The molecule has 18 heavy (non-hydrogen) atoms. The van der Waals surface area contributed by atoms with Crippen molar-refractivity contribution in [2.75, 3.05) is 5.32 Å². The molecule has 0 aliphatic heterocycles. The molecule has 3 heteroatoms. The molecule has 0 aliphatic rings. The molecule has 2 rings (SSSR count). The molecule has 1 aromatic heterocycles.